The summed E-state index contributed by atoms with van der Waals surface area (Å²) >= 11 is 0. The summed E-state index contributed by atoms with van der Waals surface area (Å²) in [5.41, 5.74) is 6.88. The summed E-state index contributed by atoms with van der Waals surface area (Å²) in [5.74, 6) is 0.515. The third-order valence-corrected chi connectivity index (χ3v) is 10.1. The molecule has 2 aromatic rings. The van der Waals surface area contributed by atoms with E-state index in [-0.39, 0.29) is 11.9 Å². The van der Waals surface area contributed by atoms with Crippen molar-refractivity contribution >= 4 is 17.4 Å². The van der Waals surface area contributed by atoms with Gasteiger partial charge in [0.15, 0.2) is 5.78 Å². The first kappa shape index (κ1) is 36.9. The zero-order chi connectivity index (χ0) is 32.7. The molecule has 3 rings (SSSR count). The highest BCUT2D eigenvalue weighted by molar-refractivity contribution is 5.96. The van der Waals surface area contributed by atoms with Crippen LogP contribution in [0.1, 0.15) is 99.5 Å². The van der Waals surface area contributed by atoms with Gasteiger partial charge < -0.3 is 15.1 Å². The Morgan fingerprint density at radius 3 is 2.16 bits per heavy atom. The monoisotopic (exact) mass is 619 g/mol. The third-order valence-electron chi connectivity index (χ3n) is 10.1. The van der Waals surface area contributed by atoms with Gasteiger partial charge in [-0.2, -0.15) is 0 Å². The average Bonchev–Trinajstić information content (AvgIpc) is 2.99. The maximum Gasteiger partial charge on any atom is 0.241 e. The van der Waals surface area contributed by atoms with Gasteiger partial charge in [-0.05, 0) is 114 Å². The summed E-state index contributed by atoms with van der Waals surface area (Å²) in [5, 5.41) is 6.98. The molecule has 0 radical (unpaired) electrons. The Kier molecular flexibility index (Phi) is 15.8. The Bertz CT molecular complexity index is 1170. The van der Waals surface area contributed by atoms with E-state index >= 15 is 0 Å². The number of likely N-dealkylation sites (N-methyl/N-ethyl adjacent to an activating group) is 1. The van der Waals surface area contributed by atoms with Gasteiger partial charge in [-0.1, -0.05) is 69.0 Å². The van der Waals surface area contributed by atoms with Crippen LogP contribution >= 0.6 is 0 Å². The summed E-state index contributed by atoms with van der Waals surface area (Å²) in [6.07, 6.45) is 10.8. The SMILES string of the molecule is CCC[N+](CC)(CCNCCCCCN1CCCCCCC1C(=O)Nc1c(C)cccc1C)CC(=O)Cc1c(C)cccc1C. The lowest BCUT2D eigenvalue weighted by molar-refractivity contribution is -0.918. The normalized spacial score (nSPS) is 17.3. The molecule has 1 aliphatic heterocycles. The molecule has 2 aromatic carbocycles. The molecule has 45 heavy (non-hydrogen) atoms. The number of rotatable bonds is 18. The van der Waals surface area contributed by atoms with E-state index < -0.39 is 0 Å². The second kappa shape index (κ2) is 19.2. The molecule has 6 heteroatoms. The number of quaternary nitrogens is 1. The van der Waals surface area contributed by atoms with Gasteiger partial charge in [-0.15, -0.1) is 0 Å². The first-order valence-electron chi connectivity index (χ1n) is 17.9. The lowest BCUT2D eigenvalue weighted by Crippen LogP contribution is -2.54. The second-order valence-corrected chi connectivity index (χ2v) is 13.7. The molecule has 0 aliphatic carbocycles. The van der Waals surface area contributed by atoms with Gasteiger partial charge in [0, 0.05) is 18.7 Å². The van der Waals surface area contributed by atoms with Crippen LogP contribution < -0.4 is 10.6 Å². The van der Waals surface area contributed by atoms with Gasteiger partial charge in [0.2, 0.25) is 5.91 Å². The molecule has 250 valence electrons. The first-order valence-corrected chi connectivity index (χ1v) is 17.9. The highest BCUT2D eigenvalue weighted by Crippen LogP contribution is 2.23. The van der Waals surface area contributed by atoms with Gasteiger partial charge in [-0.3, -0.25) is 14.5 Å². The minimum absolute atomic E-state index is 0.0432. The zero-order valence-corrected chi connectivity index (χ0v) is 29.5. The van der Waals surface area contributed by atoms with E-state index in [0.717, 1.165) is 106 Å². The quantitative estimate of drug-likeness (QED) is 0.136. The van der Waals surface area contributed by atoms with Crippen LogP contribution in [0.15, 0.2) is 36.4 Å². The van der Waals surface area contributed by atoms with Crippen molar-refractivity contribution in [3.63, 3.8) is 0 Å². The summed E-state index contributed by atoms with van der Waals surface area (Å²) in [4.78, 5) is 29.2. The van der Waals surface area contributed by atoms with Crippen molar-refractivity contribution in [1.29, 1.82) is 0 Å². The van der Waals surface area contributed by atoms with Gasteiger partial charge in [-0.25, -0.2) is 0 Å². The Morgan fingerprint density at radius 1 is 0.822 bits per heavy atom. The third kappa shape index (κ3) is 11.6. The summed E-state index contributed by atoms with van der Waals surface area (Å²) in [7, 11) is 0. The number of anilines is 1. The fourth-order valence-electron chi connectivity index (χ4n) is 7.24. The van der Waals surface area contributed by atoms with Crippen LogP contribution in [0, 0.1) is 27.7 Å². The molecule has 1 heterocycles. The highest BCUT2D eigenvalue weighted by Gasteiger charge is 2.29. The van der Waals surface area contributed by atoms with Crippen molar-refractivity contribution in [2.24, 2.45) is 0 Å². The molecule has 6 nitrogen and oxygen atoms in total. The number of ketones is 1. The smallest absolute Gasteiger partial charge is 0.241 e. The van der Waals surface area contributed by atoms with Crippen LogP contribution in [-0.4, -0.2) is 79.5 Å². The first-order chi connectivity index (χ1) is 21.7. The van der Waals surface area contributed by atoms with Crippen LogP contribution in [-0.2, 0) is 16.0 Å². The number of nitrogens with one attached hydrogen (secondary N) is 2. The van der Waals surface area contributed by atoms with E-state index in [1.807, 2.05) is 0 Å². The molecular formula is C39H63N4O2+. The van der Waals surface area contributed by atoms with E-state index in [9.17, 15) is 9.59 Å². The lowest BCUT2D eigenvalue weighted by Gasteiger charge is -2.37. The fourth-order valence-corrected chi connectivity index (χ4v) is 7.24. The predicted octanol–water partition coefficient (Wildman–Crippen LogP) is 7.31. The Morgan fingerprint density at radius 2 is 1.49 bits per heavy atom. The Balaban J connectivity index is 1.43. The number of hydrogen-bond acceptors (Lipinski definition) is 4. The molecule has 0 bridgehead atoms. The van der Waals surface area contributed by atoms with E-state index in [4.69, 9.17) is 0 Å². The number of hydrogen-bond donors (Lipinski definition) is 2. The number of nitrogens with zero attached hydrogens (tertiary/aromatic N) is 2. The van der Waals surface area contributed by atoms with Crippen molar-refractivity contribution in [2.45, 2.75) is 112 Å². The number of para-hydroxylation sites is 1. The fraction of sp³-hybridized carbons (Fsp3) is 0.641. The van der Waals surface area contributed by atoms with Crippen LogP contribution in [0.25, 0.3) is 0 Å². The van der Waals surface area contributed by atoms with Crippen molar-refractivity contribution in [3.05, 3.63) is 64.2 Å². The summed E-state index contributed by atoms with van der Waals surface area (Å²) in [6, 6.07) is 12.5. The second-order valence-electron chi connectivity index (χ2n) is 13.7. The topological polar surface area (TPSA) is 61.4 Å². The molecule has 2 atom stereocenters. The number of aryl methyl sites for hydroxylation is 4. The molecular weight excluding hydrogens is 556 g/mol. The van der Waals surface area contributed by atoms with Crippen LogP contribution in [0.2, 0.25) is 0 Å². The average molecular weight is 620 g/mol. The number of amides is 1. The lowest BCUT2D eigenvalue weighted by atomic mass is 9.97. The molecule has 0 aromatic heterocycles. The molecule has 1 fully saturated rings. The Hall–Kier alpha value is -2.54. The van der Waals surface area contributed by atoms with Gasteiger partial charge in [0.05, 0.1) is 25.7 Å². The van der Waals surface area contributed by atoms with Gasteiger partial charge in [0.25, 0.3) is 0 Å². The largest absolute Gasteiger partial charge is 0.324 e. The molecule has 2 N–H and O–H groups in total. The number of Topliss-reactive ketones (excluding diaryl/α,β-unsaturated/α-hetero) is 1. The number of carbonyl (C=O) groups excluding carboxylic acids is 2. The van der Waals surface area contributed by atoms with E-state index in [2.05, 4.69) is 93.5 Å². The van der Waals surface area contributed by atoms with Crippen LogP contribution in [0.5, 0.6) is 0 Å². The van der Waals surface area contributed by atoms with Gasteiger partial charge in [0.1, 0.15) is 6.54 Å². The van der Waals surface area contributed by atoms with E-state index in [1.165, 1.54) is 36.0 Å². The minimum atomic E-state index is -0.0432. The number of benzene rings is 2. The minimum Gasteiger partial charge on any atom is -0.324 e. The highest BCUT2D eigenvalue weighted by atomic mass is 16.2. The van der Waals surface area contributed by atoms with E-state index in [0.29, 0.717) is 18.7 Å². The number of unbranched alkanes of at least 4 members (excludes halogenated alkanes) is 2. The summed E-state index contributed by atoms with van der Waals surface area (Å²) < 4.78 is 0.869. The molecule has 1 aliphatic rings. The van der Waals surface area contributed by atoms with Crippen molar-refractivity contribution in [1.82, 2.24) is 10.2 Å². The van der Waals surface area contributed by atoms with Crippen molar-refractivity contribution in [2.75, 3.05) is 57.7 Å². The van der Waals surface area contributed by atoms with Crippen LogP contribution in [0.4, 0.5) is 5.69 Å². The maximum absolute atomic E-state index is 13.5. The summed E-state index contributed by atoms with van der Waals surface area (Å²) in [6.45, 7) is 20.4. The standard InChI is InChI=1S/C39H62N4O2/c1-7-27-43(8-2,30-35(44)29-36-31(3)18-16-19-32(36)4)28-24-40-23-13-11-15-26-42-25-14-10-9-12-22-37(42)39(45)41-38-33(5)20-17-21-34(38)6/h16-21,37,40H,7-15,22-30H2,1-6H3/p+1. The van der Waals surface area contributed by atoms with Gasteiger partial charge >= 0.3 is 0 Å². The molecule has 0 spiro atoms. The molecule has 2 unspecified atom stereocenters. The number of likely N-dealkylation sites (tertiary alicyclic amines) is 1. The molecule has 1 saturated heterocycles. The van der Waals surface area contributed by atoms with Crippen molar-refractivity contribution < 1.29 is 14.1 Å². The molecule has 1 amide bonds. The van der Waals surface area contributed by atoms with Crippen LogP contribution in [0.3, 0.4) is 0 Å². The van der Waals surface area contributed by atoms with Crippen molar-refractivity contribution in [3.8, 4) is 0 Å². The molecule has 0 saturated carbocycles. The Labute approximate surface area is 274 Å². The maximum atomic E-state index is 13.5. The zero-order valence-electron chi connectivity index (χ0n) is 29.5. The van der Waals surface area contributed by atoms with E-state index in [1.54, 1.807) is 0 Å². The predicted molar refractivity (Wildman–Crippen MR) is 190 cm³/mol. The number of carbonyl (C=O) groups is 2.